The minimum absolute atomic E-state index is 0.0140. The van der Waals surface area contributed by atoms with Crippen LogP contribution in [0.4, 0.5) is 9.59 Å². The van der Waals surface area contributed by atoms with Gasteiger partial charge in [-0.3, -0.25) is 0 Å². The Morgan fingerprint density at radius 2 is 1.92 bits per heavy atom. The summed E-state index contributed by atoms with van der Waals surface area (Å²) in [5, 5.41) is 9.93. The van der Waals surface area contributed by atoms with E-state index in [0.717, 1.165) is 44.3 Å². The third-order valence-electron chi connectivity index (χ3n) is 7.58. The van der Waals surface area contributed by atoms with E-state index in [4.69, 9.17) is 16.3 Å². The molecule has 3 atom stereocenters. The maximum Gasteiger partial charge on any atom is 0.406 e. The Morgan fingerprint density at radius 3 is 2.65 bits per heavy atom. The van der Waals surface area contributed by atoms with E-state index in [0.29, 0.717) is 30.6 Å². The Bertz CT molecular complexity index is 836. The Labute approximate surface area is 227 Å². The molecule has 3 unspecified atom stereocenters. The zero-order chi connectivity index (χ0) is 26.5. The Morgan fingerprint density at radius 1 is 1.14 bits per heavy atom. The van der Waals surface area contributed by atoms with E-state index in [9.17, 15) is 9.59 Å². The largest absolute Gasteiger partial charge is 0.453 e. The molecular weight excluding hydrogens is 492 g/mol. The van der Waals surface area contributed by atoms with Crippen molar-refractivity contribution in [3.63, 3.8) is 0 Å². The monoisotopic (exact) mass is 536 g/mol. The zero-order valence-corrected chi connectivity index (χ0v) is 23.2. The third-order valence-corrected chi connectivity index (χ3v) is 7.81. The van der Waals surface area contributed by atoms with Crippen molar-refractivity contribution in [3.8, 4) is 0 Å². The van der Waals surface area contributed by atoms with Crippen LogP contribution in [0.2, 0.25) is 5.02 Å². The van der Waals surface area contributed by atoms with Gasteiger partial charge in [0.05, 0.1) is 19.8 Å². The van der Waals surface area contributed by atoms with Crippen molar-refractivity contribution >= 4 is 23.7 Å². The summed E-state index contributed by atoms with van der Waals surface area (Å²) in [4.78, 5) is 26.9. The molecule has 1 heterocycles. The highest BCUT2D eigenvalue weighted by Crippen LogP contribution is 2.34. The number of ether oxygens (including phenoxy) is 2. The van der Waals surface area contributed by atoms with Gasteiger partial charge in [-0.05, 0) is 49.9 Å². The van der Waals surface area contributed by atoms with Gasteiger partial charge in [-0.15, -0.1) is 0 Å². The van der Waals surface area contributed by atoms with E-state index < -0.39 is 6.09 Å². The molecule has 0 bridgehead atoms. The molecule has 3 amide bonds. The summed E-state index contributed by atoms with van der Waals surface area (Å²) in [6.45, 7) is 2.81. The summed E-state index contributed by atoms with van der Waals surface area (Å²) in [5.74, 6) is 0.814. The van der Waals surface area contributed by atoms with Crippen LogP contribution in [0.5, 0.6) is 0 Å². The van der Waals surface area contributed by atoms with Crippen molar-refractivity contribution in [2.45, 2.75) is 69.9 Å². The molecule has 37 heavy (non-hydrogen) atoms. The van der Waals surface area contributed by atoms with Gasteiger partial charge < -0.3 is 30.3 Å². The lowest BCUT2D eigenvalue weighted by Gasteiger charge is -2.33. The minimum Gasteiger partial charge on any atom is -0.453 e. The SMILES string of the molecule is CNCC(CC1CCCCC1)NC(=O)N1CCCCC(C(OCCNC(=O)OC)c2cccc(Cl)c2)C1. The Hall–Kier alpha value is -2.03. The number of carbonyl (C=O) groups is 2. The average Bonchev–Trinajstić information content (AvgIpc) is 3.15. The number of benzene rings is 1. The predicted molar refractivity (Wildman–Crippen MR) is 147 cm³/mol. The summed E-state index contributed by atoms with van der Waals surface area (Å²) < 4.78 is 11.0. The Balaban J connectivity index is 1.66. The highest BCUT2D eigenvalue weighted by molar-refractivity contribution is 6.30. The Kier molecular flexibility index (Phi) is 12.8. The summed E-state index contributed by atoms with van der Waals surface area (Å²) in [6.07, 6.45) is 9.74. The number of hydrogen-bond acceptors (Lipinski definition) is 5. The number of rotatable bonds is 11. The molecule has 1 saturated heterocycles. The van der Waals surface area contributed by atoms with Crippen molar-refractivity contribution < 1.29 is 19.1 Å². The zero-order valence-electron chi connectivity index (χ0n) is 22.5. The van der Waals surface area contributed by atoms with Gasteiger partial charge in [-0.25, -0.2) is 9.59 Å². The molecule has 208 valence electrons. The summed E-state index contributed by atoms with van der Waals surface area (Å²) in [7, 11) is 3.29. The lowest BCUT2D eigenvalue weighted by Crippen LogP contribution is -2.50. The van der Waals surface area contributed by atoms with Gasteiger partial charge in [0.15, 0.2) is 0 Å². The van der Waals surface area contributed by atoms with Crippen LogP contribution in [0.15, 0.2) is 24.3 Å². The fourth-order valence-electron chi connectivity index (χ4n) is 5.74. The number of likely N-dealkylation sites (tertiary alicyclic amines) is 1. The van der Waals surface area contributed by atoms with Gasteiger partial charge in [0.2, 0.25) is 0 Å². The quantitative estimate of drug-likeness (QED) is 0.341. The van der Waals surface area contributed by atoms with Crippen molar-refractivity contribution in [2.75, 3.05) is 46.9 Å². The predicted octanol–water partition coefficient (Wildman–Crippen LogP) is 5.12. The number of likely N-dealkylation sites (N-methyl/N-ethyl adjacent to an activating group) is 1. The molecule has 9 heteroatoms. The van der Waals surface area contributed by atoms with Crippen LogP contribution in [0.25, 0.3) is 0 Å². The van der Waals surface area contributed by atoms with E-state index in [1.165, 1.54) is 39.2 Å². The second kappa shape index (κ2) is 16.0. The van der Waals surface area contributed by atoms with Gasteiger partial charge in [0.1, 0.15) is 0 Å². The van der Waals surface area contributed by atoms with Crippen molar-refractivity contribution in [1.29, 1.82) is 0 Å². The molecule has 0 spiro atoms. The first kappa shape index (κ1) is 29.5. The highest BCUT2D eigenvalue weighted by atomic mass is 35.5. The van der Waals surface area contributed by atoms with Gasteiger partial charge in [0.25, 0.3) is 0 Å². The van der Waals surface area contributed by atoms with E-state index in [1.54, 1.807) is 0 Å². The lowest BCUT2D eigenvalue weighted by molar-refractivity contribution is 0.00413. The molecule has 1 aliphatic carbocycles. The summed E-state index contributed by atoms with van der Waals surface area (Å²) >= 11 is 6.32. The number of methoxy groups -OCH3 is 1. The summed E-state index contributed by atoms with van der Waals surface area (Å²) in [5.41, 5.74) is 0.989. The first-order chi connectivity index (χ1) is 18.0. The maximum absolute atomic E-state index is 13.5. The van der Waals surface area contributed by atoms with Crippen LogP contribution in [-0.4, -0.2) is 70.0 Å². The second-order valence-electron chi connectivity index (χ2n) is 10.4. The number of urea groups is 1. The molecule has 1 aromatic carbocycles. The number of amides is 3. The molecular formula is C28H45ClN4O4. The molecule has 3 N–H and O–H groups in total. The highest BCUT2D eigenvalue weighted by Gasteiger charge is 2.31. The molecule has 0 radical (unpaired) electrons. The molecule has 1 saturated carbocycles. The van der Waals surface area contributed by atoms with E-state index in [1.807, 2.05) is 36.2 Å². The molecule has 8 nitrogen and oxygen atoms in total. The number of hydrogen-bond donors (Lipinski definition) is 3. The second-order valence-corrected chi connectivity index (χ2v) is 10.8. The fraction of sp³-hybridized carbons (Fsp3) is 0.714. The number of carbonyl (C=O) groups excluding carboxylic acids is 2. The average molecular weight is 537 g/mol. The smallest absolute Gasteiger partial charge is 0.406 e. The van der Waals surface area contributed by atoms with Crippen LogP contribution in [-0.2, 0) is 9.47 Å². The first-order valence-electron chi connectivity index (χ1n) is 13.9. The van der Waals surface area contributed by atoms with Crippen molar-refractivity contribution in [2.24, 2.45) is 11.8 Å². The molecule has 2 aliphatic rings. The number of nitrogens with one attached hydrogen (secondary N) is 3. The third kappa shape index (κ3) is 9.98. The molecule has 2 fully saturated rings. The topological polar surface area (TPSA) is 91.9 Å². The standard InChI is InChI=1S/C28H45ClN4O4/c1-30-19-25(17-21-9-4-3-5-10-21)32-27(34)33-15-7-6-11-23(20-33)26(22-12-8-13-24(29)18-22)37-16-14-31-28(35)36-2/h8,12-13,18,21,23,25-26,30H,3-7,9-11,14-17,19-20H2,1-2H3,(H,31,35)(H,32,34). The summed E-state index contributed by atoms with van der Waals surface area (Å²) in [6, 6.07) is 7.87. The van der Waals surface area contributed by atoms with Gasteiger partial charge in [-0.1, -0.05) is 62.3 Å². The van der Waals surface area contributed by atoms with Crippen LogP contribution < -0.4 is 16.0 Å². The molecule has 3 rings (SSSR count). The van der Waals surface area contributed by atoms with Gasteiger partial charge in [-0.2, -0.15) is 0 Å². The van der Waals surface area contributed by atoms with E-state index >= 15 is 0 Å². The van der Waals surface area contributed by atoms with Crippen LogP contribution in [0.1, 0.15) is 69.5 Å². The normalized spacial score (nSPS) is 20.5. The minimum atomic E-state index is -0.482. The van der Waals surface area contributed by atoms with Crippen molar-refractivity contribution in [1.82, 2.24) is 20.9 Å². The van der Waals surface area contributed by atoms with Crippen LogP contribution >= 0.6 is 11.6 Å². The van der Waals surface area contributed by atoms with Crippen LogP contribution in [0, 0.1) is 11.8 Å². The van der Waals surface area contributed by atoms with Crippen LogP contribution in [0.3, 0.4) is 0 Å². The fourth-order valence-corrected chi connectivity index (χ4v) is 5.94. The van der Waals surface area contributed by atoms with E-state index in [-0.39, 0.29) is 24.1 Å². The molecule has 0 aromatic heterocycles. The lowest BCUT2D eigenvalue weighted by atomic mass is 9.85. The van der Waals surface area contributed by atoms with Gasteiger partial charge in [0, 0.05) is 43.2 Å². The number of alkyl carbamates (subject to hydrolysis) is 1. The number of halogens is 1. The van der Waals surface area contributed by atoms with Gasteiger partial charge >= 0.3 is 12.1 Å². The molecule has 1 aromatic rings. The van der Waals surface area contributed by atoms with E-state index in [2.05, 4.69) is 20.7 Å². The first-order valence-corrected chi connectivity index (χ1v) is 14.3. The molecule has 1 aliphatic heterocycles. The maximum atomic E-state index is 13.5. The number of nitrogens with zero attached hydrogens (tertiary/aromatic N) is 1. The van der Waals surface area contributed by atoms with Crippen molar-refractivity contribution in [3.05, 3.63) is 34.9 Å².